The molecular weight excluding hydrogens is 308 g/mol. The molecule has 1 fully saturated rings. The summed E-state index contributed by atoms with van der Waals surface area (Å²) in [6.45, 7) is 3.15. The van der Waals surface area contributed by atoms with Crippen LogP contribution in [0.15, 0.2) is 24.3 Å². The van der Waals surface area contributed by atoms with E-state index >= 15 is 0 Å². The van der Waals surface area contributed by atoms with Crippen molar-refractivity contribution in [1.82, 2.24) is 10.6 Å². The molecular formula is C18H24N2O4. The van der Waals surface area contributed by atoms with Crippen molar-refractivity contribution >= 4 is 17.8 Å². The van der Waals surface area contributed by atoms with Crippen LogP contribution in [0.25, 0.3) is 0 Å². The van der Waals surface area contributed by atoms with Gasteiger partial charge in [-0.25, -0.2) is 0 Å². The summed E-state index contributed by atoms with van der Waals surface area (Å²) in [5, 5.41) is 5.38. The first kappa shape index (κ1) is 18.0. The molecule has 0 radical (unpaired) electrons. The molecule has 0 heterocycles. The lowest BCUT2D eigenvalue weighted by Crippen LogP contribution is -2.42. The van der Waals surface area contributed by atoms with E-state index in [1.807, 2.05) is 13.0 Å². The normalized spacial score (nSPS) is 15.6. The largest absolute Gasteiger partial charge is 0.451 e. The number of nitrogens with one attached hydrogen (secondary N) is 2. The van der Waals surface area contributed by atoms with Gasteiger partial charge in [0.1, 0.15) is 6.54 Å². The Hall–Kier alpha value is -2.37. The zero-order chi connectivity index (χ0) is 17.5. The molecule has 2 amide bonds. The first-order valence-corrected chi connectivity index (χ1v) is 8.30. The molecule has 6 nitrogen and oxygen atoms in total. The van der Waals surface area contributed by atoms with Crippen molar-refractivity contribution in [1.29, 1.82) is 0 Å². The minimum absolute atomic E-state index is 0.180. The Morgan fingerprint density at radius 1 is 1.25 bits per heavy atom. The molecule has 0 spiro atoms. The average molecular weight is 332 g/mol. The number of hydrogen-bond donors (Lipinski definition) is 2. The van der Waals surface area contributed by atoms with Gasteiger partial charge in [0.15, 0.2) is 6.10 Å². The van der Waals surface area contributed by atoms with E-state index in [1.54, 1.807) is 18.2 Å². The Labute approximate surface area is 142 Å². The number of esters is 1. The number of hydrogen-bond acceptors (Lipinski definition) is 4. The molecule has 0 aromatic heterocycles. The van der Waals surface area contributed by atoms with Gasteiger partial charge in [-0.05, 0) is 38.8 Å². The predicted molar refractivity (Wildman–Crippen MR) is 89.5 cm³/mol. The summed E-state index contributed by atoms with van der Waals surface area (Å²) >= 11 is 0. The molecule has 1 aliphatic rings. The second-order valence-corrected chi connectivity index (χ2v) is 6.17. The van der Waals surface area contributed by atoms with Crippen molar-refractivity contribution in [2.75, 3.05) is 6.54 Å². The van der Waals surface area contributed by atoms with Gasteiger partial charge < -0.3 is 15.4 Å². The second-order valence-electron chi connectivity index (χ2n) is 6.17. The number of benzene rings is 1. The highest BCUT2D eigenvalue weighted by Crippen LogP contribution is 2.17. The zero-order valence-corrected chi connectivity index (χ0v) is 14.1. The van der Waals surface area contributed by atoms with E-state index in [4.69, 9.17) is 4.74 Å². The minimum atomic E-state index is -0.867. The van der Waals surface area contributed by atoms with Gasteiger partial charge in [0.05, 0.1) is 0 Å². The van der Waals surface area contributed by atoms with Crippen LogP contribution in [0.5, 0.6) is 0 Å². The third-order valence-corrected chi connectivity index (χ3v) is 4.05. The maximum atomic E-state index is 12.0. The van der Waals surface area contributed by atoms with Crippen LogP contribution in [0, 0.1) is 6.92 Å². The lowest BCUT2D eigenvalue weighted by atomic mass is 10.1. The molecule has 130 valence electrons. The Bertz CT molecular complexity index is 609. The van der Waals surface area contributed by atoms with E-state index in [2.05, 4.69) is 10.6 Å². The monoisotopic (exact) mass is 332 g/mol. The van der Waals surface area contributed by atoms with Gasteiger partial charge in [-0.2, -0.15) is 0 Å². The number of amides is 2. The van der Waals surface area contributed by atoms with E-state index in [0.29, 0.717) is 5.56 Å². The summed E-state index contributed by atoms with van der Waals surface area (Å²) in [7, 11) is 0. The molecule has 1 saturated carbocycles. The molecule has 0 aliphatic heterocycles. The Morgan fingerprint density at radius 2 is 1.96 bits per heavy atom. The van der Waals surface area contributed by atoms with Crippen LogP contribution >= 0.6 is 0 Å². The van der Waals surface area contributed by atoms with Crippen LogP contribution in [0.1, 0.15) is 48.5 Å². The van der Waals surface area contributed by atoms with Crippen molar-refractivity contribution in [3.05, 3.63) is 35.4 Å². The van der Waals surface area contributed by atoms with Crippen molar-refractivity contribution < 1.29 is 19.1 Å². The SMILES string of the molecule is Cc1cccc(C(=O)NCC(=O)O[C@@H](C)C(=O)NC2CCCC2)c1. The van der Waals surface area contributed by atoms with Crippen molar-refractivity contribution in [2.24, 2.45) is 0 Å². The van der Waals surface area contributed by atoms with Crippen LogP contribution in [0.2, 0.25) is 0 Å². The summed E-state index contributed by atoms with van der Waals surface area (Å²) in [5.74, 6) is -1.27. The fourth-order valence-corrected chi connectivity index (χ4v) is 2.72. The molecule has 1 aromatic carbocycles. The molecule has 6 heteroatoms. The predicted octanol–water partition coefficient (Wildman–Crippen LogP) is 1.72. The van der Waals surface area contributed by atoms with E-state index in [-0.39, 0.29) is 24.4 Å². The second kappa shape index (κ2) is 8.47. The molecule has 1 aromatic rings. The molecule has 0 saturated heterocycles. The summed E-state index contributed by atoms with van der Waals surface area (Å²) in [6.07, 6.45) is 3.31. The summed E-state index contributed by atoms with van der Waals surface area (Å²) < 4.78 is 5.07. The van der Waals surface area contributed by atoms with Crippen LogP contribution < -0.4 is 10.6 Å². The van der Waals surface area contributed by atoms with Crippen molar-refractivity contribution in [2.45, 2.75) is 51.7 Å². The van der Waals surface area contributed by atoms with E-state index in [9.17, 15) is 14.4 Å². The van der Waals surface area contributed by atoms with Gasteiger partial charge in [-0.3, -0.25) is 14.4 Å². The molecule has 0 bridgehead atoms. The summed E-state index contributed by atoms with van der Waals surface area (Å²) in [5.41, 5.74) is 1.44. The fourth-order valence-electron chi connectivity index (χ4n) is 2.72. The van der Waals surface area contributed by atoms with Crippen LogP contribution in [-0.2, 0) is 14.3 Å². The fraction of sp³-hybridized carbons (Fsp3) is 0.500. The number of carbonyl (C=O) groups excluding carboxylic acids is 3. The third-order valence-electron chi connectivity index (χ3n) is 4.05. The zero-order valence-electron chi connectivity index (χ0n) is 14.1. The number of carbonyl (C=O) groups is 3. The van der Waals surface area contributed by atoms with E-state index in [0.717, 1.165) is 31.2 Å². The lowest BCUT2D eigenvalue weighted by molar-refractivity contribution is -0.154. The summed E-state index contributed by atoms with van der Waals surface area (Å²) in [4.78, 5) is 35.7. The molecule has 1 atom stereocenters. The number of ether oxygens (including phenoxy) is 1. The third kappa shape index (κ3) is 5.37. The molecule has 2 N–H and O–H groups in total. The van der Waals surface area contributed by atoms with Crippen molar-refractivity contribution in [3.63, 3.8) is 0 Å². The first-order valence-electron chi connectivity index (χ1n) is 8.30. The molecule has 2 rings (SSSR count). The summed E-state index contributed by atoms with van der Waals surface area (Å²) in [6, 6.07) is 7.25. The molecule has 0 unspecified atom stereocenters. The number of aryl methyl sites for hydroxylation is 1. The highest BCUT2D eigenvalue weighted by molar-refractivity contribution is 5.96. The van der Waals surface area contributed by atoms with Gasteiger partial charge in [0, 0.05) is 11.6 Å². The first-order chi connectivity index (χ1) is 11.5. The quantitative estimate of drug-likeness (QED) is 0.777. The Balaban J connectivity index is 1.73. The van der Waals surface area contributed by atoms with Gasteiger partial charge in [-0.1, -0.05) is 30.5 Å². The van der Waals surface area contributed by atoms with E-state index < -0.39 is 12.1 Å². The maximum absolute atomic E-state index is 12.0. The lowest BCUT2D eigenvalue weighted by Gasteiger charge is -2.17. The number of rotatable bonds is 6. The standard InChI is InChI=1S/C18H24N2O4/c1-12-6-5-7-14(10-12)18(23)19-11-16(21)24-13(2)17(22)20-15-8-3-4-9-15/h5-7,10,13,15H,3-4,8-9,11H2,1-2H3,(H,19,23)(H,20,22)/t13-/m0/s1. The molecule has 1 aliphatic carbocycles. The van der Waals surface area contributed by atoms with Crippen LogP contribution in [0.4, 0.5) is 0 Å². The minimum Gasteiger partial charge on any atom is -0.451 e. The smallest absolute Gasteiger partial charge is 0.326 e. The van der Waals surface area contributed by atoms with Gasteiger partial charge >= 0.3 is 5.97 Å². The maximum Gasteiger partial charge on any atom is 0.326 e. The Morgan fingerprint density at radius 3 is 2.62 bits per heavy atom. The van der Waals surface area contributed by atoms with Gasteiger partial charge in [0.25, 0.3) is 11.8 Å². The van der Waals surface area contributed by atoms with Crippen LogP contribution in [-0.4, -0.2) is 36.5 Å². The highest BCUT2D eigenvalue weighted by Gasteiger charge is 2.23. The molecule has 24 heavy (non-hydrogen) atoms. The highest BCUT2D eigenvalue weighted by atomic mass is 16.5. The van der Waals surface area contributed by atoms with Crippen LogP contribution in [0.3, 0.4) is 0 Å². The van der Waals surface area contributed by atoms with Gasteiger partial charge in [0.2, 0.25) is 0 Å². The topological polar surface area (TPSA) is 84.5 Å². The average Bonchev–Trinajstić information content (AvgIpc) is 3.05. The van der Waals surface area contributed by atoms with Gasteiger partial charge in [-0.15, -0.1) is 0 Å². The Kier molecular flexibility index (Phi) is 6.35. The van der Waals surface area contributed by atoms with E-state index in [1.165, 1.54) is 6.92 Å². The van der Waals surface area contributed by atoms with Crippen molar-refractivity contribution in [3.8, 4) is 0 Å².